The number of β-amino-alcohol motifs (C(OH)–C–C–N with tert-alkyl or cyclic N) is 1. The Labute approximate surface area is 133 Å². The van der Waals surface area contributed by atoms with Crippen LogP contribution in [0.4, 0.5) is 0 Å². The number of rotatable bonds is 4. The number of nitrogens with one attached hydrogen (secondary N) is 1. The average Bonchev–Trinajstić information content (AvgIpc) is 2.46. The van der Waals surface area contributed by atoms with Crippen molar-refractivity contribution in [1.29, 1.82) is 0 Å². The molecule has 0 saturated carbocycles. The molecule has 1 unspecified atom stereocenters. The molecule has 3 heteroatoms. The second-order valence-corrected chi connectivity index (χ2v) is 7.15. The minimum absolute atomic E-state index is 0.0431. The van der Waals surface area contributed by atoms with Crippen LogP contribution >= 0.6 is 0 Å². The molecule has 0 aliphatic carbocycles. The van der Waals surface area contributed by atoms with Gasteiger partial charge < -0.3 is 10.4 Å². The monoisotopic (exact) mass is 298 g/mol. The third kappa shape index (κ3) is 4.39. The highest BCUT2D eigenvalue weighted by Gasteiger charge is 2.26. The zero-order valence-corrected chi connectivity index (χ0v) is 14.1. The molecule has 2 N–H and O–H groups in total. The number of aromatic nitrogens is 1. The predicted octanol–water partition coefficient (Wildman–Crippen LogP) is 3.65. The summed E-state index contributed by atoms with van der Waals surface area (Å²) in [4.78, 5) is 4.66. The molecule has 1 atom stereocenters. The van der Waals surface area contributed by atoms with E-state index in [-0.39, 0.29) is 5.54 Å². The van der Waals surface area contributed by atoms with Crippen LogP contribution in [0.1, 0.15) is 39.0 Å². The Morgan fingerprint density at radius 2 is 1.64 bits per heavy atom. The van der Waals surface area contributed by atoms with E-state index in [9.17, 15) is 5.11 Å². The molecule has 0 spiro atoms. The normalized spacial score (nSPS) is 14.6. The van der Waals surface area contributed by atoms with Gasteiger partial charge in [0.05, 0.1) is 11.4 Å². The maximum atomic E-state index is 10.7. The van der Waals surface area contributed by atoms with Crippen molar-refractivity contribution in [1.82, 2.24) is 10.3 Å². The molecule has 118 valence electrons. The summed E-state index contributed by atoms with van der Waals surface area (Å²) >= 11 is 0. The van der Waals surface area contributed by atoms with E-state index in [2.05, 4.69) is 62.3 Å². The van der Waals surface area contributed by atoms with Crippen LogP contribution in [0.3, 0.4) is 0 Å². The van der Waals surface area contributed by atoms with Crippen LogP contribution in [-0.4, -0.2) is 22.2 Å². The van der Waals surface area contributed by atoms with Crippen molar-refractivity contribution in [2.45, 2.75) is 45.8 Å². The van der Waals surface area contributed by atoms with E-state index in [4.69, 9.17) is 0 Å². The van der Waals surface area contributed by atoms with Gasteiger partial charge in [-0.1, -0.05) is 35.9 Å². The number of aliphatic hydroxyl groups is 1. The molecule has 2 rings (SSSR count). The lowest BCUT2D eigenvalue weighted by molar-refractivity contribution is 0.0460. The van der Waals surface area contributed by atoms with Gasteiger partial charge in [0.1, 0.15) is 5.60 Å². The van der Waals surface area contributed by atoms with Crippen molar-refractivity contribution >= 4 is 0 Å². The summed E-state index contributed by atoms with van der Waals surface area (Å²) in [5, 5.41) is 14.1. The number of nitrogens with zero attached hydrogens (tertiary/aromatic N) is 1. The first kappa shape index (κ1) is 16.7. The largest absolute Gasteiger partial charge is 0.383 e. The van der Waals surface area contributed by atoms with E-state index in [1.165, 1.54) is 5.56 Å². The van der Waals surface area contributed by atoms with Gasteiger partial charge in [-0.25, -0.2) is 4.98 Å². The zero-order valence-electron chi connectivity index (χ0n) is 14.1. The SMILES string of the molecule is Cc1ccc(-c2cccc(C(C)(O)CNC(C)(C)C)n2)cc1. The highest BCUT2D eigenvalue weighted by molar-refractivity contribution is 5.59. The van der Waals surface area contributed by atoms with E-state index in [1.807, 2.05) is 18.2 Å². The maximum Gasteiger partial charge on any atom is 0.116 e. The van der Waals surface area contributed by atoms with Crippen molar-refractivity contribution in [3.8, 4) is 11.3 Å². The van der Waals surface area contributed by atoms with Gasteiger partial charge in [-0.15, -0.1) is 0 Å². The number of pyridine rings is 1. The van der Waals surface area contributed by atoms with Gasteiger partial charge in [0.15, 0.2) is 0 Å². The first-order chi connectivity index (χ1) is 10.2. The van der Waals surface area contributed by atoms with Gasteiger partial charge in [0.2, 0.25) is 0 Å². The van der Waals surface area contributed by atoms with E-state index >= 15 is 0 Å². The number of aryl methyl sites for hydroxylation is 1. The lowest BCUT2D eigenvalue weighted by Crippen LogP contribution is -2.45. The molecule has 0 bridgehead atoms. The zero-order chi connectivity index (χ0) is 16.4. The van der Waals surface area contributed by atoms with Crippen LogP contribution in [0.25, 0.3) is 11.3 Å². The van der Waals surface area contributed by atoms with Gasteiger partial charge in [-0.05, 0) is 46.8 Å². The predicted molar refractivity (Wildman–Crippen MR) is 91.7 cm³/mol. The van der Waals surface area contributed by atoms with Crippen LogP contribution in [0.15, 0.2) is 42.5 Å². The van der Waals surface area contributed by atoms with Crippen LogP contribution in [0, 0.1) is 6.92 Å². The molecule has 2 aromatic rings. The van der Waals surface area contributed by atoms with Crippen LogP contribution in [0.5, 0.6) is 0 Å². The Morgan fingerprint density at radius 3 is 2.23 bits per heavy atom. The van der Waals surface area contributed by atoms with Gasteiger partial charge in [-0.3, -0.25) is 0 Å². The molecule has 3 nitrogen and oxygen atoms in total. The van der Waals surface area contributed by atoms with Crippen molar-refractivity contribution < 1.29 is 5.11 Å². The number of hydrogen-bond donors (Lipinski definition) is 2. The van der Waals surface area contributed by atoms with Crippen molar-refractivity contribution in [3.63, 3.8) is 0 Å². The smallest absolute Gasteiger partial charge is 0.116 e. The first-order valence-electron chi connectivity index (χ1n) is 7.69. The Hall–Kier alpha value is -1.71. The van der Waals surface area contributed by atoms with Crippen molar-refractivity contribution in [2.24, 2.45) is 0 Å². The van der Waals surface area contributed by atoms with Gasteiger partial charge in [-0.2, -0.15) is 0 Å². The number of hydrogen-bond acceptors (Lipinski definition) is 3. The molecule has 0 saturated heterocycles. The molecule has 1 heterocycles. The summed E-state index contributed by atoms with van der Waals surface area (Å²) < 4.78 is 0. The fourth-order valence-corrected chi connectivity index (χ4v) is 2.15. The van der Waals surface area contributed by atoms with E-state index < -0.39 is 5.60 Å². The van der Waals surface area contributed by atoms with Crippen molar-refractivity contribution in [2.75, 3.05) is 6.54 Å². The molecule has 0 aliphatic rings. The summed E-state index contributed by atoms with van der Waals surface area (Å²) in [5.41, 5.74) is 2.80. The van der Waals surface area contributed by atoms with Crippen LogP contribution in [0.2, 0.25) is 0 Å². The molecule has 1 aromatic carbocycles. The molecule has 0 radical (unpaired) electrons. The summed E-state index contributed by atoms with van der Waals surface area (Å²) in [7, 11) is 0. The minimum Gasteiger partial charge on any atom is -0.383 e. The van der Waals surface area contributed by atoms with E-state index in [0.717, 1.165) is 11.3 Å². The molecular weight excluding hydrogens is 272 g/mol. The van der Waals surface area contributed by atoms with Gasteiger partial charge >= 0.3 is 0 Å². The first-order valence-corrected chi connectivity index (χ1v) is 7.69. The van der Waals surface area contributed by atoms with E-state index in [0.29, 0.717) is 12.2 Å². The highest BCUT2D eigenvalue weighted by Crippen LogP contribution is 2.23. The summed E-state index contributed by atoms with van der Waals surface area (Å²) in [6.45, 7) is 10.6. The molecule has 0 amide bonds. The Bertz CT molecular complexity index is 625. The molecule has 1 aromatic heterocycles. The maximum absolute atomic E-state index is 10.7. The van der Waals surface area contributed by atoms with Crippen LogP contribution < -0.4 is 5.32 Å². The van der Waals surface area contributed by atoms with Crippen LogP contribution in [-0.2, 0) is 5.60 Å². The highest BCUT2D eigenvalue weighted by atomic mass is 16.3. The average molecular weight is 298 g/mol. The Kier molecular flexibility index (Phi) is 4.69. The summed E-state index contributed by atoms with van der Waals surface area (Å²) in [6, 6.07) is 14.1. The fourth-order valence-electron chi connectivity index (χ4n) is 2.15. The lowest BCUT2D eigenvalue weighted by atomic mass is 9.98. The lowest BCUT2D eigenvalue weighted by Gasteiger charge is -2.29. The summed E-state index contributed by atoms with van der Waals surface area (Å²) in [6.07, 6.45) is 0. The Morgan fingerprint density at radius 1 is 1.00 bits per heavy atom. The molecular formula is C19H26N2O. The third-order valence-electron chi connectivity index (χ3n) is 3.61. The standard InChI is InChI=1S/C19H26N2O/c1-14-9-11-15(12-10-14)16-7-6-8-17(21-16)19(5,22)13-20-18(2,3)4/h6-12,20,22H,13H2,1-5H3. The number of benzene rings is 1. The third-order valence-corrected chi connectivity index (χ3v) is 3.61. The fraction of sp³-hybridized carbons (Fsp3) is 0.421. The minimum atomic E-state index is -1.01. The quantitative estimate of drug-likeness (QED) is 0.905. The second kappa shape index (κ2) is 6.19. The van der Waals surface area contributed by atoms with Gasteiger partial charge in [0, 0.05) is 17.6 Å². The molecule has 0 aliphatic heterocycles. The van der Waals surface area contributed by atoms with Crippen molar-refractivity contribution in [3.05, 3.63) is 53.7 Å². The van der Waals surface area contributed by atoms with E-state index in [1.54, 1.807) is 6.92 Å². The molecule has 0 fully saturated rings. The Balaban J connectivity index is 2.25. The second-order valence-electron chi connectivity index (χ2n) is 7.15. The molecule has 22 heavy (non-hydrogen) atoms. The van der Waals surface area contributed by atoms with Gasteiger partial charge in [0.25, 0.3) is 0 Å². The topological polar surface area (TPSA) is 45.1 Å². The summed E-state index contributed by atoms with van der Waals surface area (Å²) in [5.74, 6) is 0.